The number of nitrogens with one attached hydrogen (secondary N) is 1. The van der Waals surface area contributed by atoms with Crippen molar-refractivity contribution in [2.24, 2.45) is 10.2 Å². The van der Waals surface area contributed by atoms with Crippen LogP contribution in [0.15, 0.2) is 28.4 Å². The van der Waals surface area contributed by atoms with Crippen LogP contribution in [0.1, 0.15) is 70.3 Å². The maximum atomic E-state index is 12.9. The third kappa shape index (κ3) is 3.97. The standard InChI is InChI=1S/C23H30N4O5/c1-14-19(21(30)27(26-14)15-8-10-16(28)11-9-15)25-24-18-7-5-6-17(20(18)29)23(22(31)32)12-3-2-4-13-23/h5-7,15-16,24,28-29H,2-4,8-13H2,1H3,(H,31,32). The van der Waals surface area contributed by atoms with E-state index < -0.39 is 11.4 Å². The fourth-order valence-corrected chi connectivity index (χ4v) is 5.09. The Kier molecular flexibility index (Phi) is 6.19. The summed E-state index contributed by atoms with van der Waals surface area (Å²) in [6.07, 6.45) is 5.85. The van der Waals surface area contributed by atoms with Crippen LogP contribution < -0.4 is 5.43 Å². The van der Waals surface area contributed by atoms with Gasteiger partial charge in [-0.2, -0.15) is 10.2 Å². The second kappa shape index (κ2) is 8.90. The molecule has 2 fully saturated rings. The van der Waals surface area contributed by atoms with Crippen molar-refractivity contribution >= 4 is 29.0 Å². The molecular weight excluding hydrogens is 412 g/mol. The van der Waals surface area contributed by atoms with Crippen molar-refractivity contribution in [3.05, 3.63) is 23.8 Å². The van der Waals surface area contributed by atoms with E-state index in [9.17, 15) is 24.9 Å². The van der Waals surface area contributed by atoms with Crippen molar-refractivity contribution in [2.45, 2.75) is 82.3 Å². The molecule has 32 heavy (non-hydrogen) atoms. The van der Waals surface area contributed by atoms with Gasteiger partial charge in [-0.3, -0.25) is 15.0 Å². The Morgan fingerprint density at radius 1 is 1.19 bits per heavy atom. The van der Waals surface area contributed by atoms with Crippen molar-refractivity contribution < 1.29 is 24.9 Å². The third-order valence-corrected chi connectivity index (χ3v) is 6.98. The molecule has 0 saturated heterocycles. The minimum atomic E-state index is -1.12. The number of phenols is 1. The van der Waals surface area contributed by atoms with Crippen molar-refractivity contribution in [3.8, 4) is 5.75 Å². The summed E-state index contributed by atoms with van der Waals surface area (Å²) < 4.78 is 0. The smallest absolute Gasteiger partial charge is 0.314 e. The molecule has 4 N–H and O–H groups in total. The molecule has 9 nitrogen and oxygen atoms in total. The Balaban J connectivity index is 1.55. The summed E-state index contributed by atoms with van der Waals surface area (Å²) in [7, 11) is 0. The van der Waals surface area contributed by atoms with Crippen LogP contribution in [-0.4, -0.2) is 55.8 Å². The van der Waals surface area contributed by atoms with Crippen LogP contribution in [0.3, 0.4) is 0 Å². The number of nitrogens with zero attached hydrogens (tertiary/aromatic N) is 3. The Hall–Kier alpha value is -2.94. The first kappa shape index (κ1) is 22.3. The average Bonchev–Trinajstić information content (AvgIpc) is 3.07. The summed E-state index contributed by atoms with van der Waals surface area (Å²) in [5.41, 5.74) is 2.90. The number of para-hydroxylation sites is 1. The highest BCUT2D eigenvalue weighted by Gasteiger charge is 2.43. The largest absolute Gasteiger partial charge is 0.505 e. The number of phenolic OH excluding ortho intramolecular Hbond substituents is 1. The van der Waals surface area contributed by atoms with E-state index >= 15 is 0 Å². The third-order valence-electron chi connectivity index (χ3n) is 6.98. The van der Waals surface area contributed by atoms with Gasteiger partial charge < -0.3 is 15.3 Å². The van der Waals surface area contributed by atoms with E-state index in [2.05, 4.69) is 15.6 Å². The number of hydrazone groups is 2. The van der Waals surface area contributed by atoms with Gasteiger partial charge >= 0.3 is 5.97 Å². The van der Waals surface area contributed by atoms with Crippen LogP contribution in [0.5, 0.6) is 5.75 Å². The number of benzene rings is 1. The molecule has 1 aromatic rings. The van der Waals surface area contributed by atoms with Gasteiger partial charge in [0.15, 0.2) is 5.71 Å². The van der Waals surface area contributed by atoms with Gasteiger partial charge in [0, 0.05) is 5.56 Å². The molecular formula is C23H30N4O5. The van der Waals surface area contributed by atoms with Gasteiger partial charge in [-0.05, 0) is 51.5 Å². The SMILES string of the molecule is CC1=NN(C2CCC(O)CC2)C(=O)C1=NNc1cccc(C2(C(=O)O)CCCCC2)c1O. The molecule has 4 rings (SSSR count). The number of carbonyl (C=O) groups is 2. The molecule has 0 unspecified atom stereocenters. The second-order valence-electron chi connectivity index (χ2n) is 9.02. The van der Waals surface area contributed by atoms with Crippen molar-refractivity contribution in [1.29, 1.82) is 0 Å². The molecule has 2 saturated carbocycles. The molecule has 1 aliphatic heterocycles. The minimum absolute atomic E-state index is 0.0630. The zero-order valence-corrected chi connectivity index (χ0v) is 18.3. The topological polar surface area (TPSA) is 135 Å². The Morgan fingerprint density at radius 3 is 2.53 bits per heavy atom. The summed E-state index contributed by atoms with van der Waals surface area (Å²) in [6.45, 7) is 1.70. The van der Waals surface area contributed by atoms with Gasteiger partial charge in [-0.15, -0.1) is 0 Å². The highest BCUT2D eigenvalue weighted by atomic mass is 16.4. The van der Waals surface area contributed by atoms with E-state index in [1.165, 1.54) is 5.01 Å². The maximum Gasteiger partial charge on any atom is 0.314 e. The number of rotatable bonds is 5. The maximum absolute atomic E-state index is 12.9. The lowest BCUT2D eigenvalue weighted by molar-refractivity contribution is -0.145. The molecule has 2 aliphatic carbocycles. The fourth-order valence-electron chi connectivity index (χ4n) is 5.09. The van der Waals surface area contributed by atoms with Crippen LogP contribution in [0.25, 0.3) is 0 Å². The van der Waals surface area contributed by atoms with Gasteiger partial charge in [0.05, 0.1) is 29.0 Å². The number of amides is 1. The predicted molar refractivity (Wildman–Crippen MR) is 120 cm³/mol. The average molecular weight is 443 g/mol. The molecule has 3 aliphatic rings. The van der Waals surface area contributed by atoms with E-state index in [1.54, 1.807) is 25.1 Å². The molecule has 0 radical (unpaired) electrons. The minimum Gasteiger partial charge on any atom is -0.505 e. The summed E-state index contributed by atoms with van der Waals surface area (Å²) >= 11 is 0. The summed E-state index contributed by atoms with van der Waals surface area (Å²) in [4.78, 5) is 25.1. The van der Waals surface area contributed by atoms with Gasteiger partial charge in [0.25, 0.3) is 5.91 Å². The van der Waals surface area contributed by atoms with Crippen LogP contribution in [0, 0.1) is 0 Å². The lowest BCUT2D eigenvalue weighted by atomic mass is 9.69. The number of aliphatic hydroxyl groups excluding tert-OH is 1. The van der Waals surface area contributed by atoms with E-state index in [-0.39, 0.29) is 35.2 Å². The van der Waals surface area contributed by atoms with Gasteiger partial charge in [0.2, 0.25) is 0 Å². The molecule has 0 atom stereocenters. The molecule has 172 valence electrons. The summed E-state index contributed by atoms with van der Waals surface area (Å²) in [5.74, 6) is -1.40. The van der Waals surface area contributed by atoms with Crippen molar-refractivity contribution in [3.63, 3.8) is 0 Å². The highest BCUT2D eigenvalue weighted by Crippen LogP contribution is 2.45. The van der Waals surface area contributed by atoms with E-state index in [0.29, 0.717) is 49.8 Å². The van der Waals surface area contributed by atoms with Crippen LogP contribution in [0.2, 0.25) is 0 Å². The van der Waals surface area contributed by atoms with E-state index in [0.717, 1.165) is 19.3 Å². The highest BCUT2D eigenvalue weighted by molar-refractivity contribution is 6.68. The lowest BCUT2D eigenvalue weighted by Crippen LogP contribution is -2.39. The number of aliphatic hydroxyl groups is 1. The van der Waals surface area contributed by atoms with Crippen molar-refractivity contribution in [2.75, 3.05) is 5.43 Å². The first-order valence-electron chi connectivity index (χ1n) is 11.3. The molecule has 0 spiro atoms. The first-order valence-corrected chi connectivity index (χ1v) is 11.3. The van der Waals surface area contributed by atoms with E-state index in [1.807, 2.05) is 0 Å². The number of carboxylic acids is 1. The monoisotopic (exact) mass is 442 g/mol. The predicted octanol–water partition coefficient (Wildman–Crippen LogP) is 2.97. The quantitative estimate of drug-likeness (QED) is 0.409. The number of hydrogen-bond acceptors (Lipinski definition) is 7. The number of aromatic hydroxyl groups is 1. The molecule has 1 aromatic carbocycles. The number of hydrogen-bond donors (Lipinski definition) is 4. The number of anilines is 1. The lowest BCUT2D eigenvalue weighted by Gasteiger charge is -2.34. The summed E-state index contributed by atoms with van der Waals surface area (Å²) in [5, 5.41) is 40.6. The van der Waals surface area contributed by atoms with Gasteiger partial charge in [-0.1, -0.05) is 31.4 Å². The van der Waals surface area contributed by atoms with Crippen LogP contribution in [0.4, 0.5) is 5.69 Å². The molecule has 9 heteroatoms. The molecule has 1 heterocycles. The van der Waals surface area contributed by atoms with Crippen LogP contribution >= 0.6 is 0 Å². The first-order chi connectivity index (χ1) is 15.3. The summed E-state index contributed by atoms with van der Waals surface area (Å²) in [6, 6.07) is 4.88. The van der Waals surface area contributed by atoms with Gasteiger partial charge in [-0.25, -0.2) is 5.01 Å². The molecule has 0 aromatic heterocycles. The van der Waals surface area contributed by atoms with Crippen LogP contribution in [-0.2, 0) is 15.0 Å². The Bertz CT molecular complexity index is 959. The van der Waals surface area contributed by atoms with E-state index in [4.69, 9.17) is 0 Å². The molecule has 1 amide bonds. The fraction of sp³-hybridized carbons (Fsp3) is 0.565. The second-order valence-corrected chi connectivity index (χ2v) is 9.02. The normalized spacial score (nSPS) is 26.8. The number of carboxylic acid groups (broad SMARTS) is 1. The Labute approximate surface area is 186 Å². The zero-order valence-electron chi connectivity index (χ0n) is 18.3. The molecule has 0 bridgehead atoms. The number of carbonyl (C=O) groups excluding carboxylic acids is 1. The Morgan fingerprint density at radius 2 is 1.88 bits per heavy atom. The van der Waals surface area contributed by atoms with Crippen molar-refractivity contribution in [1.82, 2.24) is 5.01 Å². The number of aliphatic carboxylic acids is 1. The van der Waals surface area contributed by atoms with Gasteiger partial charge in [0.1, 0.15) is 5.75 Å². The zero-order chi connectivity index (χ0) is 22.9.